The predicted octanol–water partition coefficient (Wildman–Crippen LogP) is 3.20. The molecule has 2 aromatic rings. The zero-order valence-corrected chi connectivity index (χ0v) is 11.2. The maximum Gasteiger partial charge on any atom is 0.146 e. The summed E-state index contributed by atoms with van der Waals surface area (Å²) < 4.78 is 13.9. The lowest BCUT2D eigenvalue weighted by atomic mass is 9.92. The van der Waals surface area contributed by atoms with Gasteiger partial charge in [0.25, 0.3) is 0 Å². The monoisotopic (exact) mass is 268 g/mol. The zero-order valence-electron chi connectivity index (χ0n) is 11.2. The number of pyridine rings is 1. The highest BCUT2D eigenvalue weighted by Gasteiger charge is 2.55. The normalized spacial score (nSPS) is 28.4. The van der Waals surface area contributed by atoms with Gasteiger partial charge in [-0.25, -0.2) is 4.39 Å². The van der Waals surface area contributed by atoms with Gasteiger partial charge < -0.3 is 5.73 Å². The number of aromatic nitrogens is 1. The first-order valence-corrected chi connectivity index (χ1v) is 7.20. The second-order valence-corrected chi connectivity index (χ2v) is 5.93. The number of aryl methyl sites for hydroxylation is 1. The average Bonchev–Trinajstić information content (AvgIpc) is 3.22. The fourth-order valence-electron chi connectivity index (χ4n) is 3.97. The highest BCUT2D eigenvalue weighted by atomic mass is 19.1. The van der Waals surface area contributed by atoms with Crippen LogP contribution in [0.1, 0.15) is 35.1 Å². The largest absolute Gasteiger partial charge is 0.324 e. The van der Waals surface area contributed by atoms with Gasteiger partial charge in [0.05, 0.1) is 6.20 Å². The molecule has 2 N–H and O–H groups in total. The molecule has 0 saturated heterocycles. The number of benzene rings is 1. The minimum atomic E-state index is -0.281. The third kappa shape index (κ3) is 1.70. The summed E-state index contributed by atoms with van der Waals surface area (Å²) in [6.45, 7) is 0. The highest BCUT2D eigenvalue weighted by molar-refractivity contribution is 5.41. The number of hydrogen-bond donors (Lipinski definition) is 1. The van der Waals surface area contributed by atoms with Gasteiger partial charge in [-0.2, -0.15) is 0 Å². The molecular formula is C17H17FN2. The van der Waals surface area contributed by atoms with Crippen molar-refractivity contribution in [1.29, 1.82) is 0 Å². The van der Waals surface area contributed by atoms with Crippen LogP contribution in [-0.4, -0.2) is 4.98 Å². The van der Waals surface area contributed by atoms with E-state index in [0.717, 1.165) is 6.42 Å². The molecule has 1 heterocycles. The molecule has 4 unspecified atom stereocenters. The molecule has 102 valence electrons. The SMILES string of the molecule is NC(c1ccncc1F)C1C2CCc3ccccc3C21. The third-order valence-corrected chi connectivity index (χ3v) is 4.97. The second-order valence-electron chi connectivity index (χ2n) is 5.93. The van der Waals surface area contributed by atoms with Crippen molar-refractivity contribution in [1.82, 2.24) is 4.98 Å². The molecule has 2 nitrogen and oxygen atoms in total. The second kappa shape index (κ2) is 4.38. The Kier molecular flexibility index (Phi) is 2.64. The van der Waals surface area contributed by atoms with Crippen LogP contribution >= 0.6 is 0 Å². The molecule has 1 aromatic carbocycles. The molecule has 20 heavy (non-hydrogen) atoms. The molecule has 0 aliphatic heterocycles. The van der Waals surface area contributed by atoms with Gasteiger partial charge in [-0.3, -0.25) is 4.98 Å². The Hall–Kier alpha value is -1.74. The van der Waals surface area contributed by atoms with Crippen molar-refractivity contribution in [2.24, 2.45) is 17.6 Å². The fourth-order valence-corrected chi connectivity index (χ4v) is 3.97. The molecule has 1 fully saturated rings. The van der Waals surface area contributed by atoms with Gasteiger partial charge in [0, 0.05) is 17.8 Å². The molecule has 1 saturated carbocycles. The molecule has 1 aromatic heterocycles. The molecule has 3 heteroatoms. The summed E-state index contributed by atoms with van der Waals surface area (Å²) in [6.07, 6.45) is 5.18. The molecule has 2 aliphatic rings. The van der Waals surface area contributed by atoms with Crippen molar-refractivity contribution < 1.29 is 4.39 Å². The lowest BCUT2D eigenvalue weighted by Crippen LogP contribution is -2.16. The minimum Gasteiger partial charge on any atom is -0.324 e. The Morgan fingerprint density at radius 2 is 2.10 bits per heavy atom. The molecule has 2 aliphatic carbocycles. The van der Waals surface area contributed by atoms with E-state index in [1.165, 1.54) is 23.7 Å². The smallest absolute Gasteiger partial charge is 0.146 e. The Morgan fingerprint density at radius 1 is 1.25 bits per heavy atom. The van der Waals surface area contributed by atoms with Crippen LogP contribution in [0.4, 0.5) is 4.39 Å². The number of fused-ring (bicyclic) bond motifs is 3. The maximum atomic E-state index is 13.9. The van der Waals surface area contributed by atoms with Crippen molar-refractivity contribution in [3.8, 4) is 0 Å². The van der Waals surface area contributed by atoms with Crippen LogP contribution in [0.5, 0.6) is 0 Å². The Morgan fingerprint density at radius 3 is 2.95 bits per heavy atom. The van der Waals surface area contributed by atoms with Gasteiger partial charge in [0.15, 0.2) is 0 Å². The van der Waals surface area contributed by atoms with Crippen LogP contribution in [0.25, 0.3) is 0 Å². The maximum absolute atomic E-state index is 13.9. The average molecular weight is 268 g/mol. The summed E-state index contributed by atoms with van der Waals surface area (Å²) in [4.78, 5) is 3.80. The van der Waals surface area contributed by atoms with Gasteiger partial charge in [0.2, 0.25) is 0 Å². The molecule has 0 spiro atoms. The summed E-state index contributed by atoms with van der Waals surface area (Å²) in [5.74, 6) is 1.22. The van der Waals surface area contributed by atoms with Crippen molar-refractivity contribution in [3.05, 3.63) is 65.2 Å². The lowest BCUT2D eigenvalue weighted by Gasteiger charge is -2.14. The number of rotatable bonds is 2. The van der Waals surface area contributed by atoms with Gasteiger partial charge in [-0.1, -0.05) is 24.3 Å². The van der Waals surface area contributed by atoms with E-state index in [0.29, 0.717) is 23.3 Å². The van der Waals surface area contributed by atoms with Crippen LogP contribution in [0.2, 0.25) is 0 Å². The summed E-state index contributed by atoms with van der Waals surface area (Å²) in [5.41, 5.74) is 9.83. The minimum absolute atomic E-state index is 0.223. The van der Waals surface area contributed by atoms with E-state index in [-0.39, 0.29) is 11.9 Å². The van der Waals surface area contributed by atoms with Gasteiger partial charge in [-0.15, -0.1) is 0 Å². The highest BCUT2D eigenvalue weighted by Crippen LogP contribution is 2.63. The van der Waals surface area contributed by atoms with E-state index in [2.05, 4.69) is 29.2 Å². The van der Waals surface area contributed by atoms with Crippen LogP contribution < -0.4 is 5.73 Å². The molecule has 4 rings (SSSR count). The number of halogens is 1. The summed E-state index contributed by atoms with van der Waals surface area (Å²) in [5, 5.41) is 0. The topological polar surface area (TPSA) is 38.9 Å². The van der Waals surface area contributed by atoms with Crippen molar-refractivity contribution in [3.63, 3.8) is 0 Å². The van der Waals surface area contributed by atoms with Crippen LogP contribution in [0.3, 0.4) is 0 Å². The Balaban J connectivity index is 1.66. The van der Waals surface area contributed by atoms with Crippen LogP contribution in [0.15, 0.2) is 42.7 Å². The first-order chi connectivity index (χ1) is 9.77. The number of nitrogens with zero attached hydrogens (tertiary/aromatic N) is 1. The molecule has 4 atom stereocenters. The molecule has 0 amide bonds. The number of hydrogen-bond acceptors (Lipinski definition) is 2. The van der Waals surface area contributed by atoms with E-state index < -0.39 is 0 Å². The molecule has 0 bridgehead atoms. The summed E-state index contributed by atoms with van der Waals surface area (Å²) >= 11 is 0. The van der Waals surface area contributed by atoms with E-state index in [9.17, 15) is 4.39 Å². The lowest BCUT2D eigenvalue weighted by molar-refractivity contribution is 0.517. The van der Waals surface area contributed by atoms with Gasteiger partial charge >= 0.3 is 0 Å². The quantitative estimate of drug-likeness (QED) is 0.908. The fraction of sp³-hybridized carbons (Fsp3) is 0.353. The van der Waals surface area contributed by atoms with E-state index in [4.69, 9.17) is 5.73 Å². The van der Waals surface area contributed by atoms with E-state index in [1.807, 2.05) is 0 Å². The van der Waals surface area contributed by atoms with Crippen molar-refractivity contribution in [2.45, 2.75) is 24.8 Å². The molecular weight excluding hydrogens is 251 g/mol. The van der Waals surface area contributed by atoms with E-state index >= 15 is 0 Å². The van der Waals surface area contributed by atoms with Crippen molar-refractivity contribution in [2.75, 3.05) is 0 Å². The van der Waals surface area contributed by atoms with Crippen molar-refractivity contribution >= 4 is 0 Å². The van der Waals surface area contributed by atoms with Crippen LogP contribution in [0, 0.1) is 17.7 Å². The Bertz CT molecular complexity index is 655. The number of nitrogens with two attached hydrogens (primary N) is 1. The third-order valence-electron chi connectivity index (χ3n) is 4.97. The summed E-state index contributed by atoms with van der Waals surface area (Å²) in [6, 6.07) is 10.1. The Labute approximate surface area is 117 Å². The summed E-state index contributed by atoms with van der Waals surface area (Å²) in [7, 11) is 0. The van der Waals surface area contributed by atoms with Gasteiger partial charge in [0.1, 0.15) is 5.82 Å². The zero-order chi connectivity index (χ0) is 13.7. The van der Waals surface area contributed by atoms with Crippen LogP contribution in [-0.2, 0) is 6.42 Å². The van der Waals surface area contributed by atoms with Gasteiger partial charge in [-0.05, 0) is 47.8 Å². The first-order valence-electron chi connectivity index (χ1n) is 7.20. The van der Waals surface area contributed by atoms with E-state index in [1.54, 1.807) is 12.3 Å². The standard InChI is InChI=1S/C17H17FN2/c18-14-9-20-8-7-12(14)17(19)16-13-6-5-10-3-1-2-4-11(10)15(13)16/h1-4,7-9,13,15-17H,5-6,19H2. The molecule has 0 radical (unpaired) electrons. The first kappa shape index (κ1) is 12.0. The predicted molar refractivity (Wildman–Crippen MR) is 75.6 cm³/mol.